The highest BCUT2D eigenvalue weighted by molar-refractivity contribution is 6.01. The maximum atomic E-state index is 11.1. The number of benzene rings is 4. The van der Waals surface area contributed by atoms with Crippen LogP contribution in [0.25, 0.3) is 43.6 Å². The molecule has 0 unspecified atom stereocenters. The number of aryl methyl sites for hydroxylation is 13. The molecule has 4 heterocycles. The molecule has 4 aromatic carbocycles. The van der Waals surface area contributed by atoms with Gasteiger partial charge in [-0.1, -0.05) is 25.6 Å². The summed E-state index contributed by atoms with van der Waals surface area (Å²) in [5.74, 6) is 0. The molecule has 0 saturated heterocycles. The molecule has 8 aromatic rings. The highest BCUT2D eigenvalue weighted by Crippen LogP contribution is 2.30. The van der Waals surface area contributed by atoms with E-state index in [1.807, 2.05) is 33.3 Å². The highest BCUT2D eigenvalue weighted by atomic mass is 16.3. The van der Waals surface area contributed by atoms with Crippen LogP contribution in [-0.2, 0) is 34.8 Å². The Morgan fingerprint density at radius 3 is 1.20 bits per heavy atom. The van der Waals surface area contributed by atoms with Crippen molar-refractivity contribution >= 4 is 49.9 Å². The Labute approximate surface area is 335 Å². The summed E-state index contributed by atoms with van der Waals surface area (Å²) in [6.45, 7) is 23.6. The van der Waals surface area contributed by atoms with Crippen molar-refractivity contribution in [1.29, 1.82) is 0 Å². The summed E-state index contributed by atoms with van der Waals surface area (Å²) < 4.78 is 8.58. The van der Waals surface area contributed by atoms with E-state index in [2.05, 4.69) is 157 Å². The van der Waals surface area contributed by atoms with E-state index in [4.69, 9.17) is 0 Å². The maximum absolute atomic E-state index is 11.1. The van der Waals surface area contributed by atoms with Gasteiger partial charge < -0.3 is 23.4 Å². The Balaban J connectivity index is 0.000000165. The summed E-state index contributed by atoms with van der Waals surface area (Å²) in [4.78, 5) is 11.1. The molecular formula is C50H64N4O2. The van der Waals surface area contributed by atoms with E-state index in [9.17, 15) is 9.90 Å². The van der Waals surface area contributed by atoms with Gasteiger partial charge >= 0.3 is 0 Å². The normalized spacial score (nSPS) is 10.9. The zero-order valence-corrected chi connectivity index (χ0v) is 35.8. The van der Waals surface area contributed by atoms with E-state index in [1.165, 1.54) is 93.9 Å². The van der Waals surface area contributed by atoms with Crippen molar-refractivity contribution < 1.29 is 9.90 Å². The van der Waals surface area contributed by atoms with Crippen LogP contribution in [0.4, 0.5) is 0 Å². The van der Waals surface area contributed by atoms with Crippen molar-refractivity contribution in [1.82, 2.24) is 18.3 Å². The Morgan fingerprint density at radius 1 is 0.446 bits per heavy atom. The number of rotatable bonds is 2. The molecule has 56 heavy (non-hydrogen) atoms. The van der Waals surface area contributed by atoms with Gasteiger partial charge in [0.15, 0.2) is 6.29 Å². The fraction of sp³-hybridized carbons (Fsp3) is 0.340. The van der Waals surface area contributed by atoms with Crippen LogP contribution in [0.5, 0.6) is 0 Å². The quantitative estimate of drug-likeness (QED) is 0.179. The van der Waals surface area contributed by atoms with Crippen LogP contribution in [0.1, 0.15) is 84.5 Å². The Bertz CT molecular complexity index is 2620. The van der Waals surface area contributed by atoms with Crippen LogP contribution in [-0.4, -0.2) is 29.7 Å². The first-order valence-electron chi connectivity index (χ1n) is 19.1. The van der Waals surface area contributed by atoms with Gasteiger partial charge in [0.1, 0.15) is 0 Å². The van der Waals surface area contributed by atoms with E-state index in [1.54, 1.807) is 0 Å². The van der Waals surface area contributed by atoms with E-state index >= 15 is 0 Å². The highest BCUT2D eigenvalue weighted by Gasteiger charge is 2.13. The number of aromatic nitrogens is 4. The zero-order valence-electron chi connectivity index (χ0n) is 35.8. The van der Waals surface area contributed by atoms with Gasteiger partial charge in [-0.3, -0.25) is 4.79 Å². The number of aliphatic hydroxyl groups is 1. The summed E-state index contributed by atoms with van der Waals surface area (Å²) in [6, 6.07) is 15.1. The lowest BCUT2D eigenvalue weighted by Crippen LogP contribution is -1.98. The summed E-state index contributed by atoms with van der Waals surface area (Å²) in [7, 11) is 8.26. The number of hydrogen-bond acceptors (Lipinski definition) is 2. The molecule has 0 aliphatic heterocycles. The molecule has 0 fully saturated rings. The van der Waals surface area contributed by atoms with Crippen molar-refractivity contribution in [2.24, 2.45) is 28.2 Å². The van der Waals surface area contributed by atoms with Gasteiger partial charge in [-0.05, 0) is 167 Å². The van der Waals surface area contributed by atoms with Gasteiger partial charge in [0.25, 0.3) is 0 Å². The first-order valence-corrected chi connectivity index (χ1v) is 19.1. The average Bonchev–Trinajstić information content (AvgIpc) is 3.94. The molecular weight excluding hydrogens is 689 g/mol. The summed E-state index contributed by atoms with van der Waals surface area (Å²) in [5, 5.41) is 14.3. The van der Waals surface area contributed by atoms with Gasteiger partial charge in [-0.15, -0.1) is 0 Å². The minimum atomic E-state index is 0. The van der Waals surface area contributed by atoms with Crippen LogP contribution < -0.4 is 0 Å². The lowest BCUT2D eigenvalue weighted by atomic mass is 9.95. The molecule has 8 rings (SSSR count). The first-order chi connectivity index (χ1) is 25.9. The second-order valence-corrected chi connectivity index (χ2v) is 15.6. The predicted octanol–water partition coefficient (Wildman–Crippen LogP) is 12.0. The first kappa shape index (κ1) is 43.4. The van der Waals surface area contributed by atoms with Crippen molar-refractivity contribution in [3.8, 4) is 0 Å². The summed E-state index contributed by atoms with van der Waals surface area (Å²) in [5.41, 5.74) is 21.3. The smallest absolute Gasteiger partial charge is 0.151 e. The van der Waals surface area contributed by atoms with Crippen LogP contribution in [0.3, 0.4) is 0 Å². The SMILES string of the molecule is C.Cc1c(C)c(C)c2c(ccn2C)c1C=O.Cc1c(CO)cc(C)c2c1ccn2C.Cc1cc(C)c2c(ccn2C)c1C.Cc1cc(C)c2c(ccn2C)c1C. The van der Waals surface area contributed by atoms with Crippen LogP contribution in [0.2, 0.25) is 0 Å². The lowest BCUT2D eigenvalue weighted by Gasteiger charge is -2.11. The zero-order chi connectivity index (χ0) is 40.6. The van der Waals surface area contributed by atoms with Crippen molar-refractivity contribution in [2.45, 2.75) is 90.2 Å². The standard InChI is InChI=1S/C13H15NO.C12H15NO.2C12H15N.CH4/c1-8-9(2)12(7-15)11-5-6-14(4)13(11)10(8)3;1-8-6-10(7-14)9(2)11-4-5-13(3)12(8)11;2*1-8-7-9(2)12-11(10(8)3)5-6-13(12)4;/h5-7H,1-4H3;4-6,14H,7H2,1-3H3;2*5-7H,1-4H3;1H4. The molecule has 0 saturated carbocycles. The molecule has 6 nitrogen and oxygen atoms in total. The van der Waals surface area contributed by atoms with Gasteiger partial charge in [-0.25, -0.2) is 0 Å². The van der Waals surface area contributed by atoms with Crippen LogP contribution in [0.15, 0.2) is 67.3 Å². The van der Waals surface area contributed by atoms with Crippen LogP contribution >= 0.6 is 0 Å². The molecule has 0 atom stereocenters. The number of nitrogens with zero attached hydrogens (tertiary/aromatic N) is 4. The van der Waals surface area contributed by atoms with Gasteiger partial charge in [0.05, 0.1) is 28.7 Å². The maximum Gasteiger partial charge on any atom is 0.151 e. The molecule has 296 valence electrons. The Morgan fingerprint density at radius 2 is 0.804 bits per heavy atom. The van der Waals surface area contributed by atoms with Crippen molar-refractivity contribution in [2.75, 3.05) is 0 Å². The Hall–Kier alpha value is -5.33. The number of carbonyl (C=O) groups excluding carboxylic acids is 1. The molecule has 0 bridgehead atoms. The number of aldehydes is 1. The molecule has 0 spiro atoms. The van der Waals surface area contributed by atoms with E-state index in [0.29, 0.717) is 0 Å². The fourth-order valence-electron chi connectivity index (χ4n) is 8.40. The van der Waals surface area contributed by atoms with Crippen molar-refractivity contribution in [3.63, 3.8) is 0 Å². The van der Waals surface area contributed by atoms with E-state index < -0.39 is 0 Å². The fourth-order valence-corrected chi connectivity index (χ4v) is 8.40. The lowest BCUT2D eigenvalue weighted by molar-refractivity contribution is 0.112. The molecule has 6 heteroatoms. The van der Waals surface area contributed by atoms with Gasteiger partial charge in [-0.2, -0.15) is 0 Å². The molecule has 0 radical (unpaired) electrons. The molecule has 1 N–H and O–H groups in total. The number of carbonyl (C=O) groups is 1. The third-order valence-electron chi connectivity index (χ3n) is 12.0. The van der Waals surface area contributed by atoms with Crippen molar-refractivity contribution in [3.05, 3.63) is 140 Å². The average molecular weight is 753 g/mol. The van der Waals surface area contributed by atoms with Gasteiger partial charge in [0, 0.05) is 80.1 Å². The minimum Gasteiger partial charge on any atom is -0.392 e. The van der Waals surface area contributed by atoms with E-state index in [-0.39, 0.29) is 14.0 Å². The predicted molar refractivity (Wildman–Crippen MR) is 242 cm³/mol. The monoisotopic (exact) mass is 753 g/mol. The molecule has 0 aliphatic rings. The third kappa shape index (κ3) is 7.85. The summed E-state index contributed by atoms with van der Waals surface area (Å²) >= 11 is 0. The largest absolute Gasteiger partial charge is 0.392 e. The topological polar surface area (TPSA) is 57.0 Å². The van der Waals surface area contributed by atoms with E-state index in [0.717, 1.165) is 28.4 Å². The minimum absolute atomic E-state index is 0. The number of aliphatic hydroxyl groups excluding tert-OH is 1. The van der Waals surface area contributed by atoms with Gasteiger partial charge in [0.2, 0.25) is 0 Å². The number of hydrogen-bond donors (Lipinski definition) is 1. The molecule has 4 aromatic heterocycles. The second-order valence-electron chi connectivity index (χ2n) is 15.6. The second kappa shape index (κ2) is 17.2. The third-order valence-corrected chi connectivity index (χ3v) is 12.0. The number of fused-ring (bicyclic) bond motifs is 4. The molecule has 0 amide bonds. The summed E-state index contributed by atoms with van der Waals surface area (Å²) in [6.07, 6.45) is 9.29. The Kier molecular flexibility index (Phi) is 13.3. The molecule has 0 aliphatic carbocycles. The van der Waals surface area contributed by atoms with Crippen LogP contribution in [0, 0.1) is 76.2 Å².